The number of halogens is 1. The van der Waals surface area contributed by atoms with Crippen LogP contribution in [0.3, 0.4) is 0 Å². The number of piperazine rings is 1. The summed E-state index contributed by atoms with van der Waals surface area (Å²) in [4.78, 5) is 14.6. The van der Waals surface area contributed by atoms with Gasteiger partial charge in [-0.15, -0.1) is 5.10 Å². The van der Waals surface area contributed by atoms with E-state index in [4.69, 9.17) is 0 Å². The first-order chi connectivity index (χ1) is 14.4. The number of hydrogen-bond donors (Lipinski definition) is 0. The quantitative estimate of drug-likeness (QED) is 0.548. The molecular weight excluding hydrogens is 470 g/mol. The van der Waals surface area contributed by atoms with E-state index < -0.39 is 10.0 Å². The second-order valence-electron chi connectivity index (χ2n) is 6.91. The highest BCUT2D eigenvalue weighted by molar-refractivity contribution is 9.10. The van der Waals surface area contributed by atoms with Gasteiger partial charge in [0.05, 0.1) is 17.6 Å². The van der Waals surface area contributed by atoms with Crippen LogP contribution in [0.4, 0.5) is 0 Å². The molecule has 156 valence electrons. The number of benzene rings is 2. The van der Waals surface area contributed by atoms with Gasteiger partial charge in [0.15, 0.2) is 5.69 Å². The van der Waals surface area contributed by atoms with Crippen LogP contribution in [-0.4, -0.2) is 64.7 Å². The van der Waals surface area contributed by atoms with E-state index in [0.717, 1.165) is 5.56 Å². The van der Waals surface area contributed by atoms with Crippen molar-refractivity contribution in [1.29, 1.82) is 0 Å². The Labute approximate surface area is 183 Å². The summed E-state index contributed by atoms with van der Waals surface area (Å²) >= 11 is 3.30. The Bertz CT molecular complexity index is 1140. The molecule has 0 saturated carbocycles. The lowest BCUT2D eigenvalue weighted by Crippen LogP contribution is -2.50. The predicted octanol–water partition coefficient (Wildman–Crippen LogP) is 2.24. The molecule has 3 aromatic rings. The fraction of sp³-hybridized carbons (Fsp3) is 0.250. The Hall–Kier alpha value is -2.56. The third-order valence-corrected chi connectivity index (χ3v) is 7.84. The lowest BCUT2D eigenvalue weighted by Gasteiger charge is -2.33. The molecule has 1 aliphatic heterocycles. The van der Waals surface area contributed by atoms with E-state index in [1.54, 1.807) is 40.0 Å². The van der Waals surface area contributed by atoms with Crippen molar-refractivity contribution in [3.8, 4) is 0 Å². The fourth-order valence-corrected chi connectivity index (χ4v) is 5.72. The number of amides is 1. The van der Waals surface area contributed by atoms with Crippen molar-refractivity contribution < 1.29 is 13.2 Å². The van der Waals surface area contributed by atoms with Gasteiger partial charge in [-0.3, -0.25) is 4.79 Å². The normalized spacial score (nSPS) is 15.3. The number of nitrogens with zero attached hydrogens (tertiary/aromatic N) is 5. The van der Waals surface area contributed by atoms with E-state index in [1.807, 2.05) is 30.3 Å². The number of carbonyl (C=O) groups excluding carboxylic acids is 1. The molecule has 10 heteroatoms. The van der Waals surface area contributed by atoms with Crippen LogP contribution in [0.5, 0.6) is 0 Å². The lowest BCUT2D eigenvalue weighted by molar-refractivity contribution is 0.0692. The average molecular weight is 490 g/mol. The third-order valence-electron chi connectivity index (χ3n) is 4.93. The van der Waals surface area contributed by atoms with Crippen LogP contribution >= 0.6 is 15.9 Å². The highest BCUT2D eigenvalue weighted by Gasteiger charge is 2.32. The highest BCUT2D eigenvalue weighted by Crippen LogP contribution is 2.25. The molecular formula is C20H20BrN5O3S. The minimum absolute atomic E-state index is 0.230. The molecule has 2 heterocycles. The van der Waals surface area contributed by atoms with Crippen LogP contribution in [0.1, 0.15) is 16.1 Å². The monoisotopic (exact) mass is 489 g/mol. The van der Waals surface area contributed by atoms with Crippen LogP contribution in [0.15, 0.2) is 70.2 Å². The van der Waals surface area contributed by atoms with Crippen LogP contribution < -0.4 is 0 Å². The van der Waals surface area contributed by atoms with E-state index in [0.29, 0.717) is 24.1 Å². The molecule has 1 fully saturated rings. The Morgan fingerprint density at radius 2 is 1.63 bits per heavy atom. The van der Waals surface area contributed by atoms with Crippen molar-refractivity contribution in [3.05, 3.63) is 76.5 Å². The largest absolute Gasteiger partial charge is 0.335 e. The predicted molar refractivity (Wildman–Crippen MR) is 114 cm³/mol. The summed E-state index contributed by atoms with van der Waals surface area (Å²) in [5.74, 6) is -0.243. The van der Waals surface area contributed by atoms with Crippen LogP contribution in [0.25, 0.3) is 0 Å². The summed E-state index contributed by atoms with van der Waals surface area (Å²) in [5, 5.41) is 8.04. The molecule has 1 saturated heterocycles. The Balaban J connectivity index is 1.40. The molecule has 0 aliphatic carbocycles. The van der Waals surface area contributed by atoms with E-state index in [9.17, 15) is 13.2 Å². The Morgan fingerprint density at radius 3 is 2.33 bits per heavy atom. The third kappa shape index (κ3) is 4.30. The highest BCUT2D eigenvalue weighted by atomic mass is 79.9. The first-order valence-electron chi connectivity index (χ1n) is 9.43. The Kier molecular flexibility index (Phi) is 5.98. The maximum Gasteiger partial charge on any atom is 0.276 e. The molecule has 8 nitrogen and oxygen atoms in total. The zero-order valence-corrected chi connectivity index (χ0v) is 18.5. The van der Waals surface area contributed by atoms with E-state index >= 15 is 0 Å². The van der Waals surface area contributed by atoms with Crippen molar-refractivity contribution in [1.82, 2.24) is 24.2 Å². The average Bonchev–Trinajstić information content (AvgIpc) is 3.22. The smallest absolute Gasteiger partial charge is 0.276 e. The van der Waals surface area contributed by atoms with Crippen LogP contribution in [-0.2, 0) is 16.6 Å². The van der Waals surface area contributed by atoms with Gasteiger partial charge in [0.2, 0.25) is 10.0 Å². The summed E-state index contributed by atoms with van der Waals surface area (Å²) in [7, 11) is -3.62. The van der Waals surface area contributed by atoms with E-state index in [2.05, 4.69) is 26.2 Å². The molecule has 0 atom stereocenters. The second kappa shape index (κ2) is 8.66. The van der Waals surface area contributed by atoms with Gasteiger partial charge < -0.3 is 4.90 Å². The van der Waals surface area contributed by atoms with E-state index in [1.165, 1.54) is 4.31 Å². The number of aromatic nitrogens is 3. The van der Waals surface area contributed by atoms with Crippen molar-refractivity contribution in [2.75, 3.05) is 26.2 Å². The van der Waals surface area contributed by atoms with Crippen molar-refractivity contribution in [2.24, 2.45) is 0 Å². The van der Waals surface area contributed by atoms with Gasteiger partial charge in [-0.05, 0) is 33.6 Å². The molecule has 4 rings (SSSR count). The van der Waals surface area contributed by atoms with Crippen molar-refractivity contribution in [3.63, 3.8) is 0 Å². The molecule has 0 unspecified atom stereocenters. The molecule has 0 N–H and O–H groups in total. The molecule has 0 bridgehead atoms. The van der Waals surface area contributed by atoms with Gasteiger partial charge in [0, 0.05) is 30.7 Å². The van der Waals surface area contributed by atoms with Gasteiger partial charge >= 0.3 is 0 Å². The Morgan fingerprint density at radius 1 is 0.967 bits per heavy atom. The van der Waals surface area contributed by atoms with Gasteiger partial charge in [-0.2, -0.15) is 4.31 Å². The second-order valence-corrected chi connectivity index (χ2v) is 9.67. The zero-order chi connectivity index (χ0) is 21.1. The topological polar surface area (TPSA) is 88.4 Å². The maximum atomic E-state index is 12.9. The summed E-state index contributed by atoms with van der Waals surface area (Å²) in [6.07, 6.45) is 1.62. The number of carbonyl (C=O) groups is 1. The lowest BCUT2D eigenvalue weighted by atomic mass is 10.2. The first kappa shape index (κ1) is 20.7. The molecule has 1 aliphatic rings. The van der Waals surface area contributed by atoms with Gasteiger partial charge in [0.25, 0.3) is 5.91 Å². The van der Waals surface area contributed by atoms with Crippen molar-refractivity contribution in [2.45, 2.75) is 11.4 Å². The number of hydrogen-bond acceptors (Lipinski definition) is 5. The minimum atomic E-state index is -3.62. The van der Waals surface area contributed by atoms with Gasteiger partial charge in [-0.1, -0.05) is 47.7 Å². The molecule has 0 radical (unpaired) electrons. The maximum absolute atomic E-state index is 12.9. The van der Waals surface area contributed by atoms with Gasteiger partial charge in [0.1, 0.15) is 0 Å². The minimum Gasteiger partial charge on any atom is -0.335 e. The van der Waals surface area contributed by atoms with E-state index in [-0.39, 0.29) is 29.6 Å². The summed E-state index contributed by atoms with van der Waals surface area (Å²) in [5.41, 5.74) is 1.32. The molecule has 0 spiro atoms. The van der Waals surface area contributed by atoms with Crippen LogP contribution in [0, 0.1) is 0 Å². The van der Waals surface area contributed by atoms with Gasteiger partial charge in [-0.25, -0.2) is 13.1 Å². The summed E-state index contributed by atoms with van der Waals surface area (Å²) in [6.45, 7) is 1.59. The SMILES string of the molecule is O=C(c1cn(Cc2ccccc2)nn1)N1CCN(S(=O)(=O)c2ccccc2Br)CC1. The first-order valence-corrected chi connectivity index (χ1v) is 11.7. The summed E-state index contributed by atoms with van der Waals surface area (Å²) in [6, 6.07) is 16.5. The molecule has 2 aromatic carbocycles. The standard InChI is InChI=1S/C20H20BrN5O3S/c21-17-8-4-5-9-19(17)30(28,29)26-12-10-24(11-13-26)20(27)18-15-25(23-22-18)14-16-6-2-1-3-7-16/h1-9,15H,10-14H2. The number of rotatable bonds is 5. The fourth-order valence-electron chi connectivity index (χ4n) is 3.33. The number of sulfonamides is 1. The molecule has 1 aromatic heterocycles. The van der Waals surface area contributed by atoms with Crippen LogP contribution in [0.2, 0.25) is 0 Å². The van der Waals surface area contributed by atoms with Crippen molar-refractivity contribution >= 4 is 31.9 Å². The molecule has 1 amide bonds. The zero-order valence-electron chi connectivity index (χ0n) is 16.1. The molecule has 30 heavy (non-hydrogen) atoms. The summed E-state index contributed by atoms with van der Waals surface area (Å²) < 4.78 is 29.4.